The minimum atomic E-state index is 0.701. The van der Waals surface area contributed by atoms with Gasteiger partial charge >= 0.3 is 0 Å². The minimum Gasteiger partial charge on any atom is -0.372 e. The molecule has 4 rings (SSSR count). The number of fused-ring (bicyclic) bond motifs is 1. The predicted molar refractivity (Wildman–Crippen MR) is 117 cm³/mol. The first-order valence-corrected chi connectivity index (χ1v) is 9.61. The van der Waals surface area contributed by atoms with Gasteiger partial charge < -0.3 is 15.1 Å². The van der Waals surface area contributed by atoms with E-state index in [0.717, 1.165) is 53.8 Å². The van der Waals surface area contributed by atoms with Crippen molar-refractivity contribution in [1.29, 1.82) is 0 Å². The van der Waals surface area contributed by atoms with Gasteiger partial charge in [-0.25, -0.2) is 4.98 Å². The Morgan fingerprint density at radius 2 is 1.93 bits per heavy atom. The number of aromatic nitrogens is 2. The topological polar surface area (TPSA) is 44.3 Å². The quantitative estimate of drug-likeness (QED) is 0.676. The van der Waals surface area contributed by atoms with Gasteiger partial charge in [0.2, 0.25) is 0 Å². The van der Waals surface area contributed by atoms with Gasteiger partial charge in [-0.2, -0.15) is 0 Å². The van der Waals surface area contributed by atoms with Crippen LogP contribution in [0.15, 0.2) is 73.3 Å². The molecule has 1 aliphatic heterocycles. The molecule has 1 N–H and O–H groups in total. The molecule has 1 aliphatic rings. The van der Waals surface area contributed by atoms with Gasteiger partial charge in [-0.3, -0.25) is 4.98 Å². The molecule has 0 fully saturated rings. The highest BCUT2D eigenvalue weighted by molar-refractivity contribution is 6.30. The molecule has 0 spiro atoms. The van der Waals surface area contributed by atoms with Gasteiger partial charge in [0.25, 0.3) is 0 Å². The zero-order valence-corrected chi connectivity index (χ0v) is 16.5. The van der Waals surface area contributed by atoms with E-state index in [1.165, 1.54) is 0 Å². The highest BCUT2D eigenvalue weighted by atomic mass is 35.5. The number of nitrogens with one attached hydrogen (secondary N) is 1. The summed E-state index contributed by atoms with van der Waals surface area (Å²) in [6.07, 6.45) is 4.53. The molecule has 6 heteroatoms. The molecule has 1 aromatic carbocycles. The van der Waals surface area contributed by atoms with E-state index in [0.29, 0.717) is 5.02 Å². The van der Waals surface area contributed by atoms with Gasteiger partial charge in [-0.05, 0) is 42.8 Å². The molecule has 0 radical (unpaired) electrons. The van der Waals surface area contributed by atoms with Crippen molar-refractivity contribution in [1.82, 2.24) is 9.97 Å². The Morgan fingerprint density at radius 1 is 1.11 bits per heavy atom. The van der Waals surface area contributed by atoms with Crippen LogP contribution in [0, 0.1) is 0 Å². The van der Waals surface area contributed by atoms with Crippen LogP contribution in [0.4, 0.5) is 17.2 Å². The lowest BCUT2D eigenvalue weighted by molar-refractivity contribution is 0.789. The van der Waals surface area contributed by atoms with Gasteiger partial charge in [0.1, 0.15) is 5.82 Å². The molecule has 3 heterocycles. The summed E-state index contributed by atoms with van der Waals surface area (Å²) in [4.78, 5) is 13.4. The average molecular weight is 392 g/mol. The van der Waals surface area contributed by atoms with E-state index in [-0.39, 0.29) is 0 Å². The van der Waals surface area contributed by atoms with E-state index >= 15 is 0 Å². The molecule has 0 saturated heterocycles. The van der Waals surface area contributed by atoms with Gasteiger partial charge in [0, 0.05) is 48.8 Å². The second kappa shape index (κ2) is 7.90. The van der Waals surface area contributed by atoms with E-state index < -0.39 is 0 Å². The van der Waals surface area contributed by atoms with Crippen molar-refractivity contribution >= 4 is 28.8 Å². The Hall–Kier alpha value is -3.05. The molecule has 0 unspecified atom stereocenters. The van der Waals surface area contributed by atoms with Crippen molar-refractivity contribution in [2.24, 2.45) is 0 Å². The minimum absolute atomic E-state index is 0.701. The molecule has 5 nitrogen and oxygen atoms in total. The zero-order chi connectivity index (χ0) is 19.5. The second-order valence-electron chi connectivity index (χ2n) is 6.78. The van der Waals surface area contributed by atoms with Gasteiger partial charge in [-0.15, -0.1) is 0 Å². The largest absolute Gasteiger partial charge is 0.372 e. The monoisotopic (exact) mass is 391 g/mol. The Bertz CT molecular complexity index is 989. The van der Waals surface area contributed by atoms with Crippen molar-refractivity contribution in [2.75, 3.05) is 35.3 Å². The molecule has 0 aliphatic carbocycles. The Balaban J connectivity index is 1.72. The SMILES string of the molecule is C=C(Nc1ccncc1)N1CCCN(C)c2ccc(-c3cccc(Cl)c3)nc21. The van der Waals surface area contributed by atoms with Crippen LogP contribution in [0.2, 0.25) is 5.02 Å². The summed E-state index contributed by atoms with van der Waals surface area (Å²) in [6.45, 7) is 6.07. The number of rotatable bonds is 4. The Morgan fingerprint density at radius 3 is 2.71 bits per heavy atom. The lowest BCUT2D eigenvalue weighted by atomic mass is 10.1. The first-order valence-electron chi connectivity index (χ1n) is 9.23. The van der Waals surface area contributed by atoms with Crippen molar-refractivity contribution in [3.05, 3.63) is 78.3 Å². The number of hydrogen-bond acceptors (Lipinski definition) is 5. The van der Waals surface area contributed by atoms with E-state index in [2.05, 4.69) is 39.8 Å². The molecule has 28 heavy (non-hydrogen) atoms. The molecule has 0 atom stereocenters. The maximum absolute atomic E-state index is 6.18. The number of anilines is 3. The summed E-state index contributed by atoms with van der Waals surface area (Å²) in [5, 5.41) is 4.08. The van der Waals surface area contributed by atoms with Crippen LogP contribution in [0.3, 0.4) is 0 Å². The van der Waals surface area contributed by atoms with Crippen LogP contribution < -0.4 is 15.1 Å². The number of hydrogen-bond donors (Lipinski definition) is 1. The third-order valence-corrected chi connectivity index (χ3v) is 5.05. The molecule has 0 saturated carbocycles. The predicted octanol–water partition coefficient (Wildman–Crippen LogP) is 5.03. The van der Waals surface area contributed by atoms with E-state index in [9.17, 15) is 0 Å². The standard InChI is InChI=1S/C22H22ClN5/c1-16(25-19-9-11-24-12-10-19)28-14-4-13-27(2)21-8-7-20(26-22(21)28)17-5-3-6-18(23)15-17/h3,5-12,15H,1,4,13-14H2,2H3,(H,24,25). The fourth-order valence-electron chi connectivity index (χ4n) is 3.37. The lowest BCUT2D eigenvalue weighted by Crippen LogP contribution is -2.28. The third-order valence-electron chi connectivity index (χ3n) is 4.81. The van der Waals surface area contributed by atoms with Crippen LogP contribution in [-0.4, -0.2) is 30.1 Å². The van der Waals surface area contributed by atoms with E-state index in [1.807, 2.05) is 42.5 Å². The zero-order valence-electron chi connectivity index (χ0n) is 15.8. The normalized spacial score (nSPS) is 13.6. The van der Waals surface area contributed by atoms with Crippen molar-refractivity contribution in [2.45, 2.75) is 6.42 Å². The van der Waals surface area contributed by atoms with Crippen LogP contribution in [0.5, 0.6) is 0 Å². The maximum Gasteiger partial charge on any atom is 0.158 e. The summed E-state index contributed by atoms with van der Waals surface area (Å²) in [6, 6.07) is 15.8. The summed E-state index contributed by atoms with van der Waals surface area (Å²) in [7, 11) is 2.10. The maximum atomic E-state index is 6.18. The summed E-state index contributed by atoms with van der Waals surface area (Å²) >= 11 is 6.18. The lowest BCUT2D eigenvalue weighted by Gasteiger charge is -2.27. The molecular formula is C22H22ClN5. The van der Waals surface area contributed by atoms with Gasteiger partial charge in [0.15, 0.2) is 5.82 Å². The highest BCUT2D eigenvalue weighted by Crippen LogP contribution is 2.34. The molecular weight excluding hydrogens is 370 g/mol. The highest BCUT2D eigenvalue weighted by Gasteiger charge is 2.23. The van der Waals surface area contributed by atoms with Crippen LogP contribution in [0.1, 0.15) is 6.42 Å². The smallest absolute Gasteiger partial charge is 0.158 e. The van der Waals surface area contributed by atoms with E-state index in [4.69, 9.17) is 16.6 Å². The van der Waals surface area contributed by atoms with Crippen LogP contribution in [0.25, 0.3) is 11.3 Å². The van der Waals surface area contributed by atoms with Crippen molar-refractivity contribution < 1.29 is 0 Å². The first-order chi connectivity index (χ1) is 13.6. The Labute approximate surface area is 170 Å². The van der Waals surface area contributed by atoms with Gasteiger partial charge in [-0.1, -0.05) is 30.3 Å². The number of halogens is 1. The van der Waals surface area contributed by atoms with Crippen molar-refractivity contribution in [3.8, 4) is 11.3 Å². The number of nitrogens with zero attached hydrogens (tertiary/aromatic N) is 4. The fourth-order valence-corrected chi connectivity index (χ4v) is 3.56. The second-order valence-corrected chi connectivity index (χ2v) is 7.22. The molecule has 2 aromatic heterocycles. The van der Waals surface area contributed by atoms with Gasteiger partial charge in [0.05, 0.1) is 11.4 Å². The number of benzene rings is 1. The average Bonchev–Trinajstić information content (AvgIpc) is 2.87. The molecule has 0 amide bonds. The Kier molecular flexibility index (Phi) is 5.17. The van der Waals surface area contributed by atoms with E-state index in [1.54, 1.807) is 12.4 Å². The molecule has 142 valence electrons. The molecule has 0 bridgehead atoms. The van der Waals surface area contributed by atoms with Crippen molar-refractivity contribution in [3.63, 3.8) is 0 Å². The number of pyridine rings is 2. The third kappa shape index (κ3) is 3.80. The summed E-state index contributed by atoms with van der Waals surface area (Å²) < 4.78 is 0. The van der Waals surface area contributed by atoms with Crippen LogP contribution in [-0.2, 0) is 0 Å². The molecule has 3 aromatic rings. The summed E-state index contributed by atoms with van der Waals surface area (Å²) in [5.74, 6) is 1.68. The first kappa shape index (κ1) is 18.3. The van der Waals surface area contributed by atoms with Crippen LogP contribution >= 0.6 is 11.6 Å². The summed E-state index contributed by atoms with van der Waals surface area (Å²) in [5.41, 5.74) is 3.92. The fraction of sp³-hybridized carbons (Fsp3) is 0.182.